The average Bonchev–Trinajstić information content (AvgIpc) is 2.83. The Balaban J connectivity index is 1.48. The first-order valence-corrected chi connectivity index (χ1v) is 7.29. The number of thiophene rings is 1. The van der Waals surface area contributed by atoms with E-state index >= 15 is 0 Å². The molecule has 0 bridgehead atoms. The van der Waals surface area contributed by atoms with Crippen LogP contribution in [0.25, 0.3) is 0 Å². The van der Waals surface area contributed by atoms with E-state index in [9.17, 15) is 0 Å². The maximum Gasteiger partial charge on any atom is 0.00791 e. The molecule has 2 heterocycles. The van der Waals surface area contributed by atoms with Crippen LogP contribution in [0.4, 0.5) is 0 Å². The molecular formula is C13H22N2S. The summed E-state index contributed by atoms with van der Waals surface area (Å²) in [6, 6.07) is 5.11. The minimum atomic E-state index is 0.767. The van der Waals surface area contributed by atoms with Gasteiger partial charge in [0.1, 0.15) is 0 Å². The molecule has 1 aliphatic rings. The standard InChI is InChI=1S/C13H22N2S/c1-2-8-15-12(4-1)6-9-14-10-7-13-5-3-11-16-13/h3,5,11-12,14-15H,1-2,4,6-10H2. The Morgan fingerprint density at radius 1 is 1.38 bits per heavy atom. The molecule has 1 fully saturated rings. The van der Waals surface area contributed by atoms with Crippen LogP contribution in [0, 0.1) is 0 Å². The fourth-order valence-electron chi connectivity index (χ4n) is 2.24. The maximum absolute atomic E-state index is 3.59. The molecule has 2 nitrogen and oxygen atoms in total. The minimum absolute atomic E-state index is 0.767. The minimum Gasteiger partial charge on any atom is -0.316 e. The Hall–Kier alpha value is -0.380. The Labute approximate surface area is 102 Å². The molecule has 1 aliphatic heterocycles. The van der Waals surface area contributed by atoms with Gasteiger partial charge in [0, 0.05) is 10.9 Å². The van der Waals surface area contributed by atoms with Crippen LogP contribution in [0.1, 0.15) is 30.6 Å². The van der Waals surface area contributed by atoms with Gasteiger partial charge in [-0.15, -0.1) is 11.3 Å². The number of nitrogens with one attached hydrogen (secondary N) is 2. The van der Waals surface area contributed by atoms with Gasteiger partial charge in [-0.3, -0.25) is 0 Å². The molecule has 0 saturated carbocycles. The lowest BCUT2D eigenvalue weighted by molar-refractivity contribution is 0.377. The highest BCUT2D eigenvalue weighted by atomic mass is 32.1. The third-order valence-electron chi connectivity index (χ3n) is 3.21. The molecule has 3 heteroatoms. The Kier molecular flexibility index (Phi) is 5.32. The number of hydrogen-bond donors (Lipinski definition) is 2. The first kappa shape index (κ1) is 12.1. The average molecular weight is 238 g/mol. The number of rotatable bonds is 6. The van der Waals surface area contributed by atoms with Crippen LogP contribution in [0.5, 0.6) is 0 Å². The number of hydrogen-bond acceptors (Lipinski definition) is 3. The summed E-state index contributed by atoms with van der Waals surface area (Å²) in [5.41, 5.74) is 0. The van der Waals surface area contributed by atoms with Crippen molar-refractivity contribution in [1.82, 2.24) is 10.6 Å². The molecule has 1 saturated heterocycles. The van der Waals surface area contributed by atoms with Crippen molar-refractivity contribution in [3.8, 4) is 0 Å². The highest BCUT2D eigenvalue weighted by Crippen LogP contribution is 2.10. The predicted molar refractivity (Wildman–Crippen MR) is 71.2 cm³/mol. The molecule has 0 aliphatic carbocycles. The monoisotopic (exact) mass is 238 g/mol. The summed E-state index contributed by atoms with van der Waals surface area (Å²) in [5.74, 6) is 0. The molecule has 0 amide bonds. The normalized spacial score (nSPS) is 21.1. The van der Waals surface area contributed by atoms with Crippen LogP contribution in [0.3, 0.4) is 0 Å². The lowest BCUT2D eigenvalue weighted by Gasteiger charge is -2.23. The SMILES string of the molecule is c1csc(CCNCCC2CCCCN2)c1. The second kappa shape index (κ2) is 7.05. The van der Waals surface area contributed by atoms with Gasteiger partial charge in [0.05, 0.1) is 0 Å². The second-order valence-corrected chi connectivity index (χ2v) is 5.55. The molecule has 1 aromatic heterocycles. The van der Waals surface area contributed by atoms with Gasteiger partial charge in [-0.1, -0.05) is 12.5 Å². The van der Waals surface area contributed by atoms with Gasteiger partial charge in [-0.05, 0) is 56.8 Å². The van der Waals surface area contributed by atoms with Crippen LogP contribution in [-0.2, 0) is 6.42 Å². The van der Waals surface area contributed by atoms with Crippen molar-refractivity contribution in [3.05, 3.63) is 22.4 Å². The third kappa shape index (κ3) is 4.24. The van der Waals surface area contributed by atoms with E-state index < -0.39 is 0 Å². The molecule has 16 heavy (non-hydrogen) atoms. The van der Waals surface area contributed by atoms with E-state index in [1.807, 2.05) is 11.3 Å². The maximum atomic E-state index is 3.59. The zero-order valence-electron chi connectivity index (χ0n) is 9.87. The van der Waals surface area contributed by atoms with E-state index in [2.05, 4.69) is 28.1 Å². The molecular weight excluding hydrogens is 216 g/mol. The summed E-state index contributed by atoms with van der Waals surface area (Å²) in [6.45, 7) is 3.50. The van der Waals surface area contributed by atoms with Gasteiger partial charge in [0.2, 0.25) is 0 Å². The van der Waals surface area contributed by atoms with E-state index in [0.29, 0.717) is 0 Å². The van der Waals surface area contributed by atoms with E-state index in [1.54, 1.807) is 0 Å². The van der Waals surface area contributed by atoms with Crippen LogP contribution in [-0.4, -0.2) is 25.7 Å². The van der Waals surface area contributed by atoms with Crippen LogP contribution >= 0.6 is 11.3 Å². The Morgan fingerprint density at radius 2 is 2.38 bits per heavy atom. The highest BCUT2D eigenvalue weighted by Gasteiger charge is 2.11. The molecule has 2 N–H and O–H groups in total. The summed E-state index contributed by atoms with van der Waals surface area (Å²) in [6.07, 6.45) is 6.60. The smallest absolute Gasteiger partial charge is 0.00791 e. The summed E-state index contributed by atoms with van der Waals surface area (Å²) in [5, 5.41) is 9.28. The van der Waals surface area contributed by atoms with Crippen molar-refractivity contribution >= 4 is 11.3 Å². The fourth-order valence-corrected chi connectivity index (χ4v) is 2.95. The largest absolute Gasteiger partial charge is 0.316 e. The van der Waals surface area contributed by atoms with Gasteiger partial charge >= 0.3 is 0 Å². The van der Waals surface area contributed by atoms with E-state index in [4.69, 9.17) is 0 Å². The van der Waals surface area contributed by atoms with E-state index in [1.165, 1.54) is 43.5 Å². The zero-order valence-corrected chi connectivity index (χ0v) is 10.7. The van der Waals surface area contributed by atoms with Gasteiger partial charge in [-0.2, -0.15) is 0 Å². The van der Waals surface area contributed by atoms with Crippen LogP contribution in [0.2, 0.25) is 0 Å². The Morgan fingerprint density at radius 3 is 3.12 bits per heavy atom. The highest BCUT2D eigenvalue weighted by molar-refractivity contribution is 7.09. The van der Waals surface area contributed by atoms with Crippen molar-refractivity contribution in [2.45, 2.75) is 38.1 Å². The van der Waals surface area contributed by atoms with Crippen molar-refractivity contribution in [3.63, 3.8) is 0 Å². The van der Waals surface area contributed by atoms with Crippen molar-refractivity contribution in [1.29, 1.82) is 0 Å². The van der Waals surface area contributed by atoms with Gasteiger partial charge < -0.3 is 10.6 Å². The van der Waals surface area contributed by atoms with Crippen molar-refractivity contribution in [2.24, 2.45) is 0 Å². The molecule has 0 aromatic carbocycles. The van der Waals surface area contributed by atoms with Crippen LogP contribution in [0.15, 0.2) is 17.5 Å². The van der Waals surface area contributed by atoms with Crippen molar-refractivity contribution in [2.75, 3.05) is 19.6 Å². The summed E-state index contributed by atoms with van der Waals surface area (Å²) >= 11 is 1.86. The lowest BCUT2D eigenvalue weighted by Crippen LogP contribution is -2.36. The van der Waals surface area contributed by atoms with E-state index in [-0.39, 0.29) is 0 Å². The molecule has 90 valence electrons. The van der Waals surface area contributed by atoms with Crippen molar-refractivity contribution < 1.29 is 0 Å². The molecule has 2 rings (SSSR count). The zero-order chi connectivity index (χ0) is 11.1. The first-order valence-electron chi connectivity index (χ1n) is 6.41. The molecule has 1 atom stereocenters. The molecule has 0 spiro atoms. The summed E-state index contributed by atoms with van der Waals surface area (Å²) in [7, 11) is 0. The van der Waals surface area contributed by atoms with Gasteiger partial charge in [-0.25, -0.2) is 0 Å². The van der Waals surface area contributed by atoms with Crippen LogP contribution < -0.4 is 10.6 Å². The third-order valence-corrected chi connectivity index (χ3v) is 4.15. The van der Waals surface area contributed by atoms with Gasteiger partial charge in [0.25, 0.3) is 0 Å². The molecule has 1 unspecified atom stereocenters. The second-order valence-electron chi connectivity index (χ2n) is 4.51. The predicted octanol–water partition coefficient (Wildman–Crippen LogP) is 2.41. The number of piperidine rings is 1. The summed E-state index contributed by atoms with van der Waals surface area (Å²) < 4.78 is 0. The lowest BCUT2D eigenvalue weighted by atomic mass is 10.0. The Bertz CT molecular complexity index is 265. The molecule has 1 aromatic rings. The summed E-state index contributed by atoms with van der Waals surface area (Å²) in [4.78, 5) is 1.49. The topological polar surface area (TPSA) is 24.1 Å². The molecule has 0 radical (unpaired) electrons. The first-order chi connectivity index (χ1) is 7.95. The quantitative estimate of drug-likeness (QED) is 0.744. The van der Waals surface area contributed by atoms with E-state index in [0.717, 1.165) is 19.1 Å². The van der Waals surface area contributed by atoms with Gasteiger partial charge in [0.15, 0.2) is 0 Å². The fraction of sp³-hybridized carbons (Fsp3) is 0.692.